The van der Waals surface area contributed by atoms with E-state index in [4.69, 9.17) is 86.0 Å². The number of unbranched alkanes of at least 4 members (excludes halogenated alkanes) is 2. The van der Waals surface area contributed by atoms with Gasteiger partial charge in [0, 0.05) is 39.0 Å². The van der Waals surface area contributed by atoms with E-state index in [9.17, 15) is 19.2 Å². The average Bonchev–Trinajstić information content (AvgIpc) is 3.39. The molecule has 414 valence electrons. The third-order valence-electron chi connectivity index (χ3n) is 10.3. The highest BCUT2D eigenvalue weighted by Gasteiger charge is 2.18. The average molecular weight is 1100 g/mol. The third-order valence-corrected chi connectivity index (χ3v) is 10.9. The molecule has 0 fully saturated rings. The summed E-state index contributed by atoms with van der Waals surface area (Å²) in [6, 6.07) is 15.6. The van der Waals surface area contributed by atoms with E-state index in [1.807, 2.05) is 48.5 Å². The van der Waals surface area contributed by atoms with E-state index < -0.39 is 11.8 Å². The van der Waals surface area contributed by atoms with Crippen molar-refractivity contribution in [3.05, 3.63) is 81.4 Å². The summed E-state index contributed by atoms with van der Waals surface area (Å²) in [5, 5.41) is 10.0. The van der Waals surface area contributed by atoms with Crippen LogP contribution in [0, 0.1) is 0 Å². The Morgan fingerprint density at radius 1 is 0.474 bits per heavy atom. The molecule has 2 heterocycles. The third kappa shape index (κ3) is 24.8. The number of ether oxygens (including phenoxy) is 6. The summed E-state index contributed by atoms with van der Waals surface area (Å²) in [6.45, 7) is 5.01. The zero-order valence-corrected chi connectivity index (χ0v) is 43.7. The van der Waals surface area contributed by atoms with Gasteiger partial charge in [-0.2, -0.15) is 0 Å². The number of aryl methyl sites for hydroxylation is 2. The standard InChI is InChI=1S/C48H68Cl2N16O10/c49-39-43(53)63-41(51)37(61-39)45(69)65-47(55)59-17-3-1-5-31-7-11-33(12-8-31)75-29-27-73-25-23-71-21-19-57-35(67)15-16-36(68)58-20-22-72-24-26-74-28-30-76-34-13-9-32(10-14-34)6-2-4-18-60-48(56)66-46(70)38-42(52)64-44(54)40(50)62-38/h7-14H,1-6,15-30H2,(H,57,67)(H,58,68)(H4,51,53,63)(H4,52,54,64)(H3,55,59,65,69)(H3,56,60,66,70). The van der Waals surface area contributed by atoms with Crippen LogP contribution in [0.3, 0.4) is 0 Å². The van der Waals surface area contributed by atoms with Gasteiger partial charge in [0.05, 0.1) is 52.9 Å². The molecule has 2 aromatic carbocycles. The molecule has 0 saturated heterocycles. The Labute approximate surface area is 450 Å². The number of nitrogens with two attached hydrogens (primary N) is 6. The number of anilines is 4. The van der Waals surface area contributed by atoms with E-state index in [0.717, 1.165) is 61.2 Å². The molecule has 16 N–H and O–H groups in total. The van der Waals surface area contributed by atoms with E-state index in [2.05, 4.69) is 51.2 Å². The number of hydrogen-bond acceptors (Lipinski definition) is 20. The van der Waals surface area contributed by atoms with Gasteiger partial charge in [0.1, 0.15) is 24.7 Å². The summed E-state index contributed by atoms with van der Waals surface area (Å²) < 4.78 is 33.6. The molecule has 4 rings (SSSR count). The highest BCUT2D eigenvalue weighted by atomic mass is 35.5. The maximum atomic E-state index is 12.3. The second-order valence-corrected chi connectivity index (χ2v) is 17.0. The number of hydrogen-bond donors (Lipinski definition) is 10. The van der Waals surface area contributed by atoms with Crippen LogP contribution in [0.5, 0.6) is 11.5 Å². The number of nitrogens with one attached hydrogen (secondary N) is 4. The molecule has 0 saturated carbocycles. The van der Waals surface area contributed by atoms with Crippen molar-refractivity contribution in [2.45, 2.75) is 51.4 Å². The van der Waals surface area contributed by atoms with Gasteiger partial charge in [-0.1, -0.05) is 47.5 Å². The molecule has 0 aliphatic rings. The molecule has 4 amide bonds. The van der Waals surface area contributed by atoms with Crippen LogP contribution in [-0.2, 0) is 41.4 Å². The molecule has 0 aliphatic heterocycles. The van der Waals surface area contributed by atoms with Crippen molar-refractivity contribution in [3.8, 4) is 11.5 Å². The van der Waals surface area contributed by atoms with E-state index in [-0.39, 0.29) is 81.5 Å². The van der Waals surface area contributed by atoms with E-state index in [1.165, 1.54) is 0 Å². The SMILES string of the molecule is NC(=NCCCCc1ccc(OCCOCCOCCNC(=O)CCC(=O)NCCOCCOCCOc2ccc(CCCCN=C(N)NC(=O)c3nc(Cl)c(N)nc3N)cc2)cc1)NC(=O)c1nc(Cl)c(N)nc1N. The number of benzene rings is 2. The molecule has 0 aliphatic carbocycles. The van der Waals surface area contributed by atoms with Gasteiger partial charge in [-0.15, -0.1) is 0 Å². The fraction of sp³-hybridized carbons (Fsp3) is 0.458. The first-order chi connectivity index (χ1) is 36.7. The lowest BCUT2D eigenvalue weighted by atomic mass is 10.1. The minimum absolute atomic E-state index is 0.0574. The van der Waals surface area contributed by atoms with E-state index in [1.54, 1.807) is 0 Å². The molecule has 4 aromatic rings. The maximum Gasteiger partial charge on any atom is 0.280 e. The first kappa shape index (κ1) is 61.2. The van der Waals surface area contributed by atoms with Gasteiger partial charge in [-0.3, -0.25) is 39.8 Å². The largest absolute Gasteiger partial charge is 0.491 e. The topological polar surface area (TPSA) is 404 Å². The van der Waals surface area contributed by atoms with Crippen LogP contribution < -0.4 is 65.1 Å². The van der Waals surface area contributed by atoms with Crippen molar-refractivity contribution in [1.29, 1.82) is 0 Å². The zero-order chi connectivity index (χ0) is 54.9. The van der Waals surface area contributed by atoms with Gasteiger partial charge < -0.3 is 73.5 Å². The smallest absolute Gasteiger partial charge is 0.280 e. The first-order valence-electron chi connectivity index (χ1n) is 24.4. The lowest BCUT2D eigenvalue weighted by Crippen LogP contribution is -2.38. The molecule has 2 aromatic heterocycles. The van der Waals surface area contributed by atoms with Crippen LogP contribution in [0.15, 0.2) is 58.5 Å². The van der Waals surface area contributed by atoms with Crippen molar-refractivity contribution in [2.75, 3.05) is 115 Å². The number of rotatable bonds is 35. The molecule has 0 unspecified atom stereocenters. The van der Waals surface area contributed by atoms with Gasteiger partial charge in [0.25, 0.3) is 11.8 Å². The fourth-order valence-corrected chi connectivity index (χ4v) is 6.70. The fourth-order valence-electron chi connectivity index (χ4n) is 6.44. The van der Waals surface area contributed by atoms with Crippen molar-refractivity contribution in [3.63, 3.8) is 0 Å². The van der Waals surface area contributed by atoms with Crippen LogP contribution in [-0.4, -0.2) is 148 Å². The summed E-state index contributed by atoms with van der Waals surface area (Å²) in [5.41, 5.74) is 36.0. The predicted octanol–water partition coefficient (Wildman–Crippen LogP) is 1.57. The quantitative estimate of drug-likeness (QED) is 0.0178. The maximum absolute atomic E-state index is 12.3. The second-order valence-electron chi connectivity index (χ2n) is 16.3. The van der Waals surface area contributed by atoms with Gasteiger partial charge in [0.15, 0.2) is 56.9 Å². The number of halogens is 2. The van der Waals surface area contributed by atoms with Gasteiger partial charge in [-0.05, 0) is 73.9 Å². The summed E-state index contributed by atoms with van der Waals surface area (Å²) in [5.74, 6) is -1.07. The number of carbonyl (C=O) groups excluding carboxylic acids is 4. The monoisotopic (exact) mass is 1100 g/mol. The van der Waals surface area contributed by atoms with Crippen LogP contribution in [0.2, 0.25) is 10.3 Å². The van der Waals surface area contributed by atoms with Crippen LogP contribution in [0.1, 0.15) is 70.6 Å². The van der Waals surface area contributed by atoms with Crippen molar-refractivity contribution < 1.29 is 47.6 Å². The molecule has 28 heteroatoms. The number of carbonyl (C=O) groups is 4. The lowest BCUT2D eigenvalue weighted by molar-refractivity contribution is -0.126. The van der Waals surface area contributed by atoms with Crippen LogP contribution >= 0.6 is 23.2 Å². The number of amides is 4. The Bertz CT molecular complexity index is 2340. The number of guanidine groups is 2. The number of nitrogen functional groups attached to an aromatic ring is 4. The molecule has 0 atom stereocenters. The Kier molecular flexibility index (Phi) is 28.2. The number of nitrogens with zero attached hydrogens (tertiary/aromatic N) is 6. The molecule has 0 spiro atoms. The molecule has 0 radical (unpaired) electrons. The number of aromatic nitrogens is 4. The van der Waals surface area contributed by atoms with Gasteiger partial charge in [-0.25, -0.2) is 19.9 Å². The summed E-state index contributed by atoms with van der Waals surface area (Å²) in [6.07, 6.45) is 4.95. The Morgan fingerprint density at radius 2 is 0.829 bits per heavy atom. The predicted molar refractivity (Wildman–Crippen MR) is 288 cm³/mol. The van der Waals surface area contributed by atoms with Gasteiger partial charge >= 0.3 is 0 Å². The number of aliphatic imine (C=N–C) groups is 2. The lowest BCUT2D eigenvalue weighted by Gasteiger charge is -2.10. The Balaban J connectivity index is 0.870. The zero-order valence-electron chi connectivity index (χ0n) is 42.2. The summed E-state index contributed by atoms with van der Waals surface area (Å²) in [4.78, 5) is 72.5. The van der Waals surface area contributed by atoms with Crippen molar-refractivity contribution in [2.24, 2.45) is 21.5 Å². The minimum atomic E-state index is -0.690. The summed E-state index contributed by atoms with van der Waals surface area (Å²) >= 11 is 11.6. The van der Waals surface area contributed by atoms with Crippen LogP contribution in [0.25, 0.3) is 0 Å². The normalized spacial score (nSPS) is 11.5. The molecular formula is C48H68Cl2N16O10. The van der Waals surface area contributed by atoms with E-state index >= 15 is 0 Å². The van der Waals surface area contributed by atoms with Gasteiger partial charge in [0.2, 0.25) is 11.8 Å². The van der Waals surface area contributed by atoms with Crippen LogP contribution in [0.4, 0.5) is 23.3 Å². The molecule has 76 heavy (non-hydrogen) atoms. The molecule has 26 nitrogen and oxygen atoms in total. The molecular weight excluding hydrogens is 1030 g/mol. The summed E-state index contributed by atoms with van der Waals surface area (Å²) in [7, 11) is 0. The van der Waals surface area contributed by atoms with E-state index in [0.29, 0.717) is 92.2 Å². The second kappa shape index (κ2) is 35.0. The van der Waals surface area contributed by atoms with Crippen molar-refractivity contribution >= 4 is 82.0 Å². The minimum Gasteiger partial charge on any atom is -0.491 e. The highest BCUT2D eigenvalue weighted by molar-refractivity contribution is 6.32. The Hall–Kier alpha value is -7.36. The van der Waals surface area contributed by atoms with Crippen molar-refractivity contribution in [1.82, 2.24) is 41.2 Å². The molecule has 0 bridgehead atoms. The first-order valence-corrected chi connectivity index (χ1v) is 25.1. The Morgan fingerprint density at radius 3 is 1.21 bits per heavy atom. The highest BCUT2D eigenvalue weighted by Crippen LogP contribution is 2.19.